The Bertz CT molecular complexity index is 959. The van der Waals surface area contributed by atoms with Gasteiger partial charge < -0.3 is 16.0 Å². The fourth-order valence-corrected chi connectivity index (χ4v) is 3.53. The first kappa shape index (κ1) is 18.4. The molecular formula is C20H26N8. The van der Waals surface area contributed by atoms with Crippen molar-refractivity contribution in [1.82, 2.24) is 30.3 Å². The van der Waals surface area contributed by atoms with Gasteiger partial charge in [-0.25, -0.2) is 9.67 Å². The van der Waals surface area contributed by atoms with E-state index in [2.05, 4.69) is 55.3 Å². The smallest absolute Gasteiger partial charge is 0.229 e. The highest BCUT2D eigenvalue weighted by Gasteiger charge is 2.20. The standard InChI is InChI=1S/C20H26N8/c1-4-14-7-8-15(24-20-23-13(2)10-19(21-3)25-20)11-18(14)28-12-17(26-27-28)16-6-5-9-22-16/h7-8,10-12,16,22H,4-6,9H2,1-3H3,(H2,21,23,24,25). The quantitative estimate of drug-likeness (QED) is 0.607. The maximum Gasteiger partial charge on any atom is 0.229 e. The minimum absolute atomic E-state index is 0.306. The number of aromatic nitrogens is 5. The molecule has 1 unspecified atom stereocenters. The lowest BCUT2D eigenvalue weighted by molar-refractivity contribution is 0.625. The fourth-order valence-electron chi connectivity index (χ4n) is 3.53. The van der Waals surface area contributed by atoms with Crippen molar-refractivity contribution in [2.24, 2.45) is 0 Å². The predicted octanol–water partition coefficient (Wildman–Crippen LogP) is 3.14. The van der Waals surface area contributed by atoms with E-state index in [0.717, 1.165) is 48.0 Å². The van der Waals surface area contributed by atoms with Crippen LogP contribution in [0.4, 0.5) is 17.5 Å². The first-order chi connectivity index (χ1) is 13.7. The Hall–Kier alpha value is -3.00. The summed E-state index contributed by atoms with van der Waals surface area (Å²) in [6.45, 7) is 5.14. The zero-order valence-corrected chi connectivity index (χ0v) is 16.5. The van der Waals surface area contributed by atoms with Crippen LogP contribution in [0.5, 0.6) is 0 Å². The molecule has 1 fully saturated rings. The summed E-state index contributed by atoms with van der Waals surface area (Å²) in [6, 6.07) is 8.45. The lowest BCUT2D eigenvalue weighted by Gasteiger charge is -2.12. The van der Waals surface area contributed by atoms with E-state index in [-0.39, 0.29) is 0 Å². The van der Waals surface area contributed by atoms with Gasteiger partial charge in [-0.15, -0.1) is 5.10 Å². The van der Waals surface area contributed by atoms with Crippen molar-refractivity contribution in [1.29, 1.82) is 0 Å². The van der Waals surface area contributed by atoms with Crippen LogP contribution in [-0.2, 0) is 6.42 Å². The molecule has 28 heavy (non-hydrogen) atoms. The Morgan fingerprint density at radius 1 is 1.25 bits per heavy atom. The zero-order chi connectivity index (χ0) is 19.5. The van der Waals surface area contributed by atoms with Crippen molar-refractivity contribution in [2.75, 3.05) is 24.2 Å². The normalized spacial score (nSPS) is 16.3. The van der Waals surface area contributed by atoms with Crippen molar-refractivity contribution >= 4 is 17.5 Å². The summed E-state index contributed by atoms with van der Waals surface area (Å²) in [5.74, 6) is 1.35. The Kier molecular flexibility index (Phi) is 5.21. The molecule has 0 amide bonds. The predicted molar refractivity (Wildman–Crippen MR) is 110 cm³/mol. The summed E-state index contributed by atoms with van der Waals surface area (Å²) >= 11 is 0. The highest BCUT2D eigenvalue weighted by Crippen LogP contribution is 2.25. The van der Waals surface area contributed by atoms with Crippen LogP contribution in [0, 0.1) is 6.92 Å². The van der Waals surface area contributed by atoms with Crippen molar-refractivity contribution in [3.63, 3.8) is 0 Å². The lowest BCUT2D eigenvalue weighted by atomic mass is 10.1. The molecule has 3 aromatic rings. The van der Waals surface area contributed by atoms with Crippen molar-refractivity contribution < 1.29 is 0 Å². The molecule has 8 nitrogen and oxygen atoms in total. The van der Waals surface area contributed by atoms with Gasteiger partial charge in [0.15, 0.2) is 0 Å². The van der Waals surface area contributed by atoms with Crippen LogP contribution in [0.3, 0.4) is 0 Å². The number of nitrogens with one attached hydrogen (secondary N) is 3. The van der Waals surface area contributed by atoms with E-state index in [1.165, 1.54) is 12.0 Å². The van der Waals surface area contributed by atoms with E-state index in [0.29, 0.717) is 12.0 Å². The first-order valence-corrected chi connectivity index (χ1v) is 9.75. The maximum atomic E-state index is 4.47. The molecule has 1 aliphatic heterocycles. The molecule has 0 spiro atoms. The second kappa shape index (κ2) is 7.93. The first-order valence-electron chi connectivity index (χ1n) is 9.75. The molecule has 1 atom stereocenters. The number of nitrogens with zero attached hydrogens (tertiary/aromatic N) is 5. The SMILES string of the molecule is CCc1ccc(Nc2nc(C)cc(NC)n2)cc1-n1cc(C2CCCN2)nn1. The molecule has 0 radical (unpaired) electrons. The molecule has 3 heterocycles. The molecule has 1 aliphatic rings. The highest BCUT2D eigenvalue weighted by molar-refractivity contribution is 5.61. The highest BCUT2D eigenvalue weighted by atomic mass is 15.4. The van der Waals surface area contributed by atoms with Gasteiger partial charge in [0.25, 0.3) is 0 Å². The van der Waals surface area contributed by atoms with Crippen LogP contribution in [0.2, 0.25) is 0 Å². The Labute approximate surface area is 164 Å². The third-order valence-corrected chi connectivity index (χ3v) is 5.01. The third kappa shape index (κ3) is 3.82. The third-order valence-electron chi connectivity index (χ3n) is 5.01. The molecule has 0 bridgehead atoms. The summed E-state index contributed by atoms with van der Waals surface area (Å²) in [6.07, 6.45) is 5.24. The number of anilines is 3. The molecular weight excluding hydrogens is 352 g/mol. The topological polar surface area (TPSA) is 92.6 Å². The minimum atomic E-state index is 0.306. The fraction of sp³-hybridized carbons (Fsp3) is 0.400. The number of hydrogen-bond acceptors (Lipinski definition) is 7. The molecule has 2 aromatic heterocycles. The van der Waals surface area contributed by atoms with Gasteiger partial charge in [0, 0.05) is 24.5 Å². The average molecular weight is 378 g/mol. The zero-order valence-electron chi connectivity index (χ0n) is 16.5. The van der Waals surface area contributed by atoms with Crippen LogP contribution in [-0.4, -0.2) is 38.6 Å². The number of rotatable bonds is 6. The van der Waals surface area contributed by atoms with Crippen LogP contribution in [0.25, 0.3) is 5.69 Å². The van der Waals surface area contributed by atoms with E-state index < -0.39 is 0 Å². The Morgan fingerprint density at radius 3 is 2.89 bits per heavy atom. The van der Waals surface area contributed by atoms with Gasteiger partial charge in [-0.3, -0.25) is 0 Å². The number of benzene rings is 1. The second-order valence-corrected chi connectivity index (χ2v) is 7.03. The summed E-state index contributed by atoms with van der Waals surface area (Å²) in [4.78, 5) is 8.95. The van der Waals surface area contributed by atoms with E-state index in [4.69, 9.17) is 0 Å². The van der Waals surface area contributed by atoms with Crippen molar-refractivity contribution in [2.45, 2.75) is 39.2 Å². The Balaban J connectivity index is 1.64. The van der Waals surface area contributed by atoms with Gasteiger partial charge in [0.2, 0.25) is 5.95 Å². The molecule has 0 aliphatic carbocycles. The molecule has 4 rings (SSSR count). The summed E-state index contributed by atoms with van der Waals surface area (Å²) in [5.41, 5.74) is 5.04. The van der Waals surface area contributed by atoms with Gasteiger partial charge >= 0.3 is 0 Å². The van der Waals surface area contributed by atoms with Gasteiger partial charge in [-0.2, -0.15) is 4.98 Å². The number of aryl methyl sites for hydroxylation is 2. The Morgan fingerprint density at radius 2 is 2.14 bits per heavy atom. The van der Waals surface area contributed by atoms with E-state index in [1.54, 1.807) is 0 Å². The molecule has 3 N–H and O–H groups in total. The monoisotopic (exact) mass is 378 g/mol. The molecule has 146 valence electrons. The summed E-state index contributed by atoms with van der Waals surface area (Å²) in [7, 11) is 1.85. The second-order valence-electron chi connectivity index (χ2n) is 7.03. The molecule has 0 saturated carbocycles. The van der Waals surface area contributed by atoms with Crippen LogP contribution in [0.15, 0.2) is 30.5 Å². The van der Waals surface area contributed by atoms with Crippen LogP contribution < -0.4 is 16.0 Å². The van der Waals surface area contributed by atoms with E-state index >= 15 is 0 Å². The molecule has 1 saturated heterocycles. The average Bonchev–Trinajstić information content (AvgIpc) is 3.39. The number of hydrogen-bond donors (Lipinski definition) is 3. The minimum Gasteiger partial charge on any atom is -0.373 e. The van der Waals surface area contributed by atoms with E-state index in [1.807, 2.05) is 37.0 Å². The van der Waals surface area contributed by atoms with Gasteiger partial charge in [-0.05, 0) is 50.4 Å². The van der Waals surface area contributed by atoms with E-state index in [9.17, 15) is 0 Å². The summed E-state index contributed by atoms with van der Waals surface area (Å²) < 4.78 is 1.87. The summed E-state index contributed by atoms with van der Waals surface area (Å²) in [5, 5.41) is 18.6. The van der Waals surface area contributed by atoms with Crippen LogP contribution >= 0.6 is 0 Å². The van der Waals surface area contributed by atoms with Gasteiger partial charge in [0.05, 0.1) is 17.9 Å². The molecule has 8 heteroatoms. The largest absolute Gasteiger partial charge is 0.373 e. The van der Waals surface area contributed by atoms with Crippen molar-refractivity contribution in [3.8, 4) is 5.69 Å². The van der Waals surface area contributed by atoms with Gasteiger partial charge in [0.1, 0.15) is 11.5 Å². The lowest BCUT2D eigenvalue weighted by Crippen LogP contribution is -2.13. The molecule has 1 aromatic carbocycles. The van der Waals surface area contributed by atoms with Crippen molar-refractivity contribution in [3.05, 3.63) is 47.4 Å². The maximum absolute atomic E-state index is 4.47. The van der Waals surface area contributed by atoms with Crippen LogP contribution in [0.1, 0.15) is 42.8 Å². The van der Waals surface area contributed by atoms with Gasteiger partial charge in [-0.1, -0.05) is 18.2 Å².